The molecule has 18 heavy (non-hydrogen) atoms. The van der Waals surface area contributed by atoms with Crippen LogP contribution in [0.2, 0.25) is 0 Å². The highest BCUT2D eigenvalue weighted by atomic mass is 16.5. The summed E-state index contributed by atoms with van der Waals surface area (Å²) in [5.41, 5.74) is 5.95. The minimum atomic E-state index is 0.289. The SMILES string of the molecule is COc1ccc2c(c1)-c1[nH]ccc1C21CCCC1. The van der Waals surface area contributed by atoms with Crippen molar-refractivity contribution in [2.24, 2.45) is 0 Å². The Balaban J connectivity index is 2.01. The molecule has 1 saturated carbocycles. The Morgan fingerprint density at radius 3 is 2.72 bits per heavy atom. The first kappa shape index (κ1) is 10.2. The van der Waals surface area contributed by atoms with E-state index in [1.54, 1.807) is 7.11 Å². The van der Waals surface area contributed by atoms with Gasteiger partial charge in [0.2, 0.25) is 0 Å². The van der Waals surface area contributed by atoms with Crippen LogP contribution in [-0.2, 0) is 5.41 Å². The highest BCUT2D eigenvalue weighted by Gasteiger charge is 2.45. The van der Waals surface area contributed by atoms with Gasteiger partial charge in [0.1, 0.15) is 5.75 Å². The van der Waals surface area contributed by atoms with E-state index in [1.165, 1.54) is 48.1 Å². The van der Waals surface area contributed by atoms with E-state index in [-0.39, 0.29) is 5.41 Å². The van der Waals surface area contributed by atoms with Gasteiger partial charge in [-0.2, -0.15) is 0 Å². The fourth-order valence-corrected chi connectivity index (χ4v) is 3.93. The number of rotatable bonds is 1. The largest absolute Gasteiger partial charge is 0.497 e. The number of methoxy groups -OCH3 is 1. The Morgan fingerprint density at radius 2 is 1.94 bits per heavy atom. The van der Waals surface area contributed by atoms with E-state index in [0.29, 0.717) is 0 Å². The van der Waals surface area contributed by atoms with Gasteiger partial charge in [-0.25, -0.2) is 0 Å². The molecule has 0 bridgehead atoms. The number of benzene rings is 1. The summed E-state index contributed by atoms with van der Waals surface area (Å²) in [6.45, 7) is 0. The molecule has 2 heteroatoms. The zero-order chi connectivity index (χ0) is 12.2. The van der Waals surface area contributed by atoms with Gasteiger partial charge in [-0.05, 0) is 42.2 Å². The van der Waals surface area contributed by atoms with E-state index in [0.717, 1.165) is 5.75 Å². The average Bonchev–Trinajstić information content (AvgIpc) is 3.10. The number of fused-ring (bicyclic) bond motifs is 5. The molecule has 2 nitrogen and oxygen atoms in total. The summed E-state index contributed by atoms with van der Waals surface area (Å²) in [7, 11) is 1.73. The van der Waals surface area contributed by atoms with Crippen molar-refractivity contribution >= 4 is 0 Å². The second-order valence-electron chi connectivity index (χ2n) is 5.47. The van der Waals surface area contributed by atoms with Crippen LogP contribution in [0, 0.1) is 0 Å². The van der Waals surface area contributed by atoms with Gasteiger partial charge >= 0.3 is 0 Å². The minimum absolute atomic E-state index is 0.289. The summed E-state index contributed by atoms with van der Waals surface area (Å²) < 4.78 is 5.37. The molecular formula is C16H17NO. The number of ether oxygens (including phenoxy) is 1. The molecule has 0 radical (unpaired) electrons. The molecule has 2 aliphatic carbocycles. The monoisotopic (exact) mass is 239 g/mol. The third-order valence-corrected chi connectivity index (χ3v) is 4.73. The highest BCUT2D eigenvalue weighted by molar-refractivity contribution is 5.79. The normalized spacial score (nSPS) is 18.9. The molecule has 92 valence electrons. The molecule has 1 aromatic carbocycles. The van der Waals surface area contributed by atoms with Crippen LogP contribution in [0.3, 0.4) is 0 Å². The van der Waals surface area contributed by atoms with Crippen LogP contribution in [0.4, 0.5) is 0 Å². The first-order chi connectivity index (χ1) is 8.85. The van der Waals surface area contributed by atoms with E-state index in [4.69, 9.17) is 4.74 Å². The zero-order valence-corrected chi connectivity index (χ0v) is 10.6. The van der Waals surface area contributed by atoms with Crippen molar-refractivity contribution in [3.63, 3.8) is 0 Å². The van der Waals surface area contributed by atoms with Crippen molar-refractivity contribution in [1.82, 2.24) is 4.98 Å². The number of aromatic nitrogens is 1. The third-order valence-electron chi connectivity index (χ3n) is 4.73. The molecule has 1 aromatic heterocycles. The fraction of sp³-hybridized carbons (Fsp3) is 0.375. The van der Waals surface area contributed by atoms with Crippen molar-refractivity contribution in [1.29, 1.82) is 0 Å². The van der Waals surface area contributed by atoms with Crippen molar-refractivity contribution in [3.8, 4) is 17.0 Å². The van der Waals surface area contributed by atoms with Crippen LogP contribution in [0.5, 0.6) is 5.75 Å². The Bertz CT molecular complexity index is 605. The molecule has 1 spiro atoms. The first-order valence-corrected chi connectivity index (χ1v) is 6.72. The van der Waals surface area contributed by atoms with Crippen LogP contribution < -0.4 is 4.74 Å². The van der Waals surface area contributed by atoms with Gasteiger partial charge in [0.25, 0.3) is 0 Å². The summed E-state index contributed by atoms with van der Waals surface area (Å²) in [5.74, 6) is 0.948. The first-order valence-electron chi connectivity index (χ1n) is 6.72. The second kappa shape index (κ2) is 3.41. The van der Waals surface area contributed by atoms with E-state index in [2.05, 4.69) is 35.4 Å². The van der Waals surface area contributed by atoms with Gasteiger partial charge in [-0.3, -0.25) is 0 Å². The predicted octanol–water partition coefficient (Wildman–Crippen LogP) is 3.86. The summed E-state index contributed by atoms with van der Waals surface area (Å²) in [6.07, 6.45) is 7.34. The molecule has 0 amide bonds. The van der Waals surface area contributed by atoms with E-state index >= 15 is 0 Å². The Morgan fingerprint density at radius 1 is 1.11 bits per heavy atom. The molecule has 0 unspecified atom stereocenters. The maximum absolute atomic E-state index is 5.37. The van der Waals surface area contributed by atoms with E-state index in [1.807, 2.05) is 0 Å². The maximum atomic E-state index is 5.37. The summed E-state index contributed by atoms with van der Waals surface area (Å²) >= 11 is 0. The van der Waals surface area contributed by atoms with Crippen molar-refractivity contribution < 1.29 is 4.74 Å². The van der Waals surface area contributed by atoms with Gasteiger partial charge in [-0.1, -0.05) is 18.9 Å². The van der Waals surface area contributed by atoms with Gasteiger partial charge in [0, 0.05) is 22.9 Å². The van der Waals surface area contributed by atoms with Gasteiger partial charge in [0.05, 0.1) is 7.11 Å². The molecule has 0 atom stereocenters. The molecule has 1 N–H and O–H groups in total. The number of nitrogens with one attached hydrogen (secondary N) is 1. The number of aromatic amines is 1. The Hall–Kier alpha value is -1.70. The molecule has 2 aliphatic rings. The fourth-order valence-electron chi connectivity index (χ4n) is 3.93. The van der Waals surface area contributed by atoms with Crippen LogP contribution in [0.15, 0.2) is 30.5 Å². The predicted molar refractivity (Wildman–Crippen MR) is 72.0 cm³/mol. The van der Waals surface area contributed by atoms with E-state index < -0.39 is 0 Å². The van der Waals surface area contributed by atoms with Crippen molar-refractivity contribution in [3.05, 3.63) is 41.6 Å². The molecule has 2 aromatic rings. The molecule has 0 aliphatic heterocycles. The Labute approximate surface area is 107 Å². The zero-order valence-electron chi connectivity index (χ0n) is 10.6. The van der Waals surface area contributed by atoms with Gasteiger partial charge < -0.3 is 9.72 Å². The lowest BCUT2D eigenvalue weighted by Gasteiger charge is -2.25. The average molecular weight is 239 g/mol. The quantitative estimate of drug-likeness (QED) is 0.803. The molecule has 1 heterocycles. The summed E-state index contributed by atoms with van der Waals surface area (Å²) in [4.78, 5) is 3.42. The molecular weight excluding hydrogens is 222 g/mol. The second-order valence-corrected chi connectivity index (χ2v) is 5.47. The summed E-state index contributed by atoms with van der Waals surface area (Å²) in [5, 5.41) is 0. The van der Waals surface area contributed by atoms with Gasteiger partial charge in [0.15, 0.2) is 0 Å². The van der Waals surface area contributed by atoms with Gasteiger partial charge in [-0.15, -0.1) is 0 Å². The molecule has 1 fully saturated rings. The van der Waals surface area contributed by atoms with Crippen LogP contribution >= 0.6 is 0 Å². The highest BCUT2D eigenvalue weighted by Crippen LogP contribution is 2.56. The lowest BCUT2D eigenvalue weighted by molar-refractivity contribution is 0.414. The van der Waals surface area contributed by atoms with Crippen molar-refractivity contribution in [2.45, 2.75) is 31.1 Å². The number of hydrogen-bond donors (Lipinski definition) is 1. The standard InChI is InChI=1S/C16H17NO/c1-18-11-4-5-13-12(10-11)15-14(6-9-17-15)16(13)7-2-3-8-16/h4-6,9-10,17H,2-3,7-8H2,1H3. The van der Waals surface area contributed by atoms with Crippen LogP contribution in [0.25, 0.3) is 11.3 Å². The molecule has 0 saturated heterocycles. The summed E-state index contributed by atoms with van der Waals surface area (Å²) in [6, 6.07) is 8.82. The Kier molecular flexibility index (Phi) is 1.94. The topological polar surface area (TPSA) is 25.0 Å². The lowest BCUT2D eigenvalue weighted by atomic mass is 9.77. The smallest absolute Gasteiger partial charge is 0.119 e. The maximum Gasteiger partial charge on any atom is 0.119 e. The minimum Gasteiger partial charge on any atom is -0.497 e. The lowest BCUT2D eigenvalue weighted by Crippen LogP contribution is -2.19. The number of H-pyrrole nitrogens is 1. The van der Waals surface area contributed by atoms with E-state index in [9.17, 15) is 0 Å². The van der Waals surface area contributed by atoms with Crippen molar-refractivity contribution in [2.75, 3.05) is 7.11 Å². The number of hydrogen-bond acceptors (Lipinski definition) is 1. The van der Waals surface area contributed by atoms with Crippen LogP contribution in [0.1, 0.15) is 36.8 Å². The third kappa shape index (κ3) is 1.08. The van der Waals surface area contributed by atoms with Crippen LogP contribution in [-0.4, -0.2) is 12.1 Å². The molecule has 4 rings (SSSR count).